The summed E-state index contributed by atoms with van der Waals surface area (Å²) in [5.41, 5.74) is 3.11. The third kappa shape index (κ3) is 3.91. The third-order valence-corrected chi connectivity index (χ3v) is 5.55. The molecule has 2 aliphatic rings. The number of carbonyl (C=O) groups excluding carboxylic acids is 3. The van der Waals surface area contributed by atoms with E-state index in [4.69, 9.17) is 0 Å². The van der Waals surface area contributed by atoms with Crippen molar-refractivity contribution in [2.75, 3.05) is 44.2 Å². The Morgan fingerprint density at radius 1 is 1.11 bits per heavy atom. The second-order valence-electron chi connectivity index (χ2n) is 7.27. The van der Waals surface area contributed by atoms with E-state index < -0.39 is 0 Å². The summed E-state index contributed by atoms with van der Waals surface area (Å²) in [5, 5.41) is 2.79. The number of nitrogens with zero attached hydrogens (tertiary/aromatic N) is 3. The van der Waals surface area contributed by atoms with Gasteiger partial charge in [0, 0.05) is 51.4 Å². The molecule has 2 aliphatic heterocycles. The number of rotatable bonds is 3. The summed E-state index contributed by atoms with van der Waals surface area (Å²) in [4.78, 5) is 42.6. The van der Waals surface area contributed by atoms with Gasteiger partial charge in [-0.25, -0.2) is 4.79 Å². The van der Waals surface area contributed by atoms with E-state index in [1.165, 1.54) is 0 Å². The second-order valence-corrected chi connectivity index (χ2v) is 7.27. The molecular formula is C20H28N4O3. The highest BCUT2D eigenvalue weighted by Crippen LogP contribution is 2.30. The van der Waals surface area contributed by atoms with E-state index in [-0.39, 0.29) is 30.2 Å². The minimum atomic E-state index is -0.312. The van der Waals surface area contributed by atoms with Crippen LogP contribution >= 0.6 is 0 Å². The summed E-state index contributed by atoms with van der Waals surface area (Å²) >= 11 is 0. The van der Waals surface area contributed by atoms with Gasteiger partial charge < -0.3 is 20.0 Å². The number of amides is 4. The van der Waals surface area contributed by atoms with Crippen LogP contribution in [0.25, 0.3) is 0 Å². The first-order valence-electron chi connectivity index (χ1n) is 9.60. The van der Waals surface area contributed by atoms with Crippen LogP contribution < -0.4 is 10.2 Å². The lowest BCUT2D eigenvalue weighted by atomic mass is 10.1. The number of piperazine rings is 1. The third-order valence-electron chi connectivity index (χ3n) is 5.55. The number of anilines is 1. The Balaban J connectivity index is 1.61. The van der Waals surface area contributed by atoms with Crippen molar-refractivity contribution in [3.63, 3.8) is 0 Å². The zero-order valence-corrected chi connectivity index (χ0v) is 16.3. The van der Waals surface area contributed by atoms with Crippen LogP contribution in [0.4, 0.5) is 10.5 Å². The topological polar surface area (TPSA) is 73.0 Å². The van der Waals surface area contributed by atoms with Gasteiger partial charge in [-0.2, -0.15) is 0 Å². The lowest BCUT2D eigenvalue weighted by molar-refractivity contribution is -0.137. The van der Waals surface area contributed by atoms with Crippen LogP contribution in [0.3, 0.4) is 0 Å². The molecule has 27 heavy (non-hydrogen) atoms. The number of hydrogen-bond donors (Lipinski definition) is 1. The van der Waals surface area contributed by atoms with Crippen molar-refractivity contribution in [3.8, 4) is 0 Å². The summed E-state index contributed by atoms with van der Waals surface area (Å²) in [6.07, 6.45) is 0.253. The minimum Gasteiger partial charge on any atom is -0.339 e. The van der Waals surface area contributed by atoms with Crippen LogP contribution in [0.2, 0.25) is 0 Å². The van der Waals surface area contributed by atoms with Gasteiger partial charge in [0.2, 0.25) is 11.8 Å². The van der Waals surface area contributed by atoms with Gasteiger partial charge in [-0.15, -0.1) is 0 Å². The van der Waals surface area contributed by atoms with Crippen molar-refractivity contribution in [1.82, 2.24) is 15.1 Å². The maximum absolute atomic E-state index is 12.9. The summed E-state index contributed by atoms with van der Waals surface area (Å²) in [5.74, 6) is -0.289. The van der Waals surface area contributed by atoms with Crippen molar-refractivity contribution in [2.45, 2.75) is 27.2 Å². The molecule has 0 bridgehead atoms. The molecule has 4 amide bonds. The summed E-state index contributed by atoms with van der Waals surface area (Å²) in [6.45, 7) is 9.03. The first-order valence-corrected chi connectivity index (χ1v) is 9.60. The molecule has 2 fully saturated rings. The van der Waals surface area contributed by atoms with Gasteiger partial charge in [-0.05, 0) is 38.0 Å². The highest BCUT2D eigenvalue weighted by Gasteiger charge is 2.38. The zero-order valence-electron chi connectivity index (χ0n) is 16.3. The lowest BCUT2D eigenvalue weighted by Crippen LogP contribution is -2.54. The maximum atomic E-state index is 12.9. The van der Waals surface area contributed by atoms with E-state index in [1.54, 1.807) is 14.7 Å². The molecule has 7 heteroatoms. The number of urea groups is 1. The SMILES string of the molecule is CCNC(=O)N1CCN(C(=O)C2CC(=O)N(c3cccc(C)c3C)C2)CC1. The molecule has 1 aromatic carbocycles. The van der Waals surface area contributed by atoms with Gasteiger partial charge in [0.15, 0.2) is 0 Å². The van der Waals surface area contributed by atoms with Crippen molar-refractivity contribution in [3.05, 3.63) is 29.3 Å². The minimum absolute atomic E-state index is 0.00279. The fourth-order valence-corrected chi connectivity index (χ4v) is 3.79. The molecule has 7 nitrogen and oxygen atoms in total. The quantitative estimate of drug-likeness (QED) is 0.875. The Hall–Kier alpha value is -2.57. The molecule has 0 aliphatic carbocycles. The number of hydrogen-bond acceptors (Lipinski definition) is 3. The Morgan fingerprint density at radius 3 is 2.44 bits per heavy atom. The molecule has 2 heterocycles. The molecule has 3 rings (SSSR count). The van der Waals surface area contributed by atoms with Gasteiger partial charge in [-0.3, -0.25) is 9.59 Å². The van der Waals surface area contributed by atoms with E-state index in [0.717, 1.165) is 16.8 Å². The average Bonchev–Trinajstić information content (AvgIpc) is 3.05. The molecule has 1 aromatic rings. The standard InChI is InChI=1S/C20H28N4O3/c1-4-21-20(27)23-10-8-22(9-11-23)19(26)16-12-18(25)24(13-16)17-7-5-6-14(2)15(17)3/h5-7,16H,4,8-13H2,1-3H3,(H,21,27). The Morgan fingerprint density at radius 2 is 1.78 bits per heavy atom. The van der Waals surface area contributed by atoms with Crippen LogP contribution in [0.1, 0.15) is 24.5 Å². The predicted molar refractivity (Wildman–Crippen MR) is 104 cm³/mol. The molecule has 2 saturated heterocycles. The largest absolute Gasteiger partial charge is 0.339 e. The zero-order chi connectivity index (χ0) is 19.6. The first kappa shape index (κ1) is 19.2. The maximum Gasteiger partial charge on any atom is 0.317 e. The Bertz CT molecular complexity index is 741. The van der Waals surface area contributed by atoms with Gasteiger partial charge in [0.25, 0.3) is 0 Å². The fraction of sp³-hybridized carbons (Fsp3) is 0.550. The predicted octanol–water partition coefficient (Wildman–Crippen LogP) is 1.53. The number of carbonyl (C=O) groups is 3. The fourth-order valence-electron chi connectivity index (χ4n) is 3.79. The Kier molecular flexibility index (Phi) is 5.68. The molecule has 0 radical (unpaired) electrons. The monoisotopic (exact) mass is 372 g/mol. The molecule has 0 saturated carbocycles. The molecular weight excluding hydrogens is 344 g/mol. The summed E-state index contributed by atoms with van der Waals surface area (Å²) in [6, 6.07) is 5.83. The summed E-state index contributed by atoms with van der Waals surface area (Å²) < 4.78 is 0. The first-order chi connectivity index (χ1) is 12.9. The van der Waals surface area contributed by atoms with Crippen LogP contribution in [0.5, 0.6) is 0 Å². The smallest absolute Gasteiger partial charge is 0.317 e. The van der Waals surface area contributed by atoms with Crippen LogP contribution in [-0.2, 0) is 9.59 Å². The molecule has 1 atom stereocenters. The van der Waals surface area contributed by atoms with Gasteiger partial charge in [0.1, 0.15) is 0 Å². The van der Waals surface area contributed by atoms with Gasteiger partial charge in [-0.1, -0.05) is 12.1 Å². The van der Waals surface area contributed by atoms with E-state index >= 15 is 0 Å². The van der Waals surface area contributed by atoms with Gasteiger partial charge in [0.05, 0.1) is 5.92 Å². The van der Waals surface area contributed by atoms with Gasteiger partial charge >= 0.3 is 6.03 Å². The number of nitrogens with one attached hydrogen (secondary N) is 1. The molecule has 146 valence electrons. The van der Waals surface area contributed by atoms with E-state index in [9.17, 15) is 14.4 Å². The Labute approximate surface area is 160 Å². The average molecular weight is 372 g/mol. The van der Waals surface area contributed by atoms with E-state index in [0.29, 0.717) is 39.3 Å². The van der Waals surface area contributed by atoms with Crippen molar-refractivity contribution in [1.29, 1.82) is 0 Å². The second kappa shape index (κ2) is 7.98. The number of benzene rings is 1. The molecule has 0 spiro atoms. The normalized spacial score (nSPS) is 20.2. The van der Waals surface area contributed by atoms with Crippen LogP contribution in [0, 0.1) is 19.8 Å². The highest BCUT2D eigenvalue weighted by atomic mass is 16.2. The molecule has 1 N–H and O–H groups in total. The molecule has 1 unspecified atom stereocenters. The van der Waals surface area contributed by atoms with Crippen LogP contribution in [-0.4, -0.2) is 66.9 Å². The molecule has 0 aromatic heterocycles. The van der Waals surface area contributed by atoms with Crippen molar-refractivity contribution >= 4 is 23.5 Å². The van der Waals surface area contributed by atoms with Crippen LogP contribution in [0.15, 0.2) is 18.2 Å². The van der Waals surface area contributed by atoms with E-state index in [1.807, 2.05) is 39.0 Å². The highest BCUT2D eigenvalue weighted by molar-refractivity contribution is 6.01. The number of aryl methyl sites for hydroxylation is 1. The van der Waals surface area contributed by atoms with Crippen molar-refractivity contribution in [2.24, 2.45) is 5.92 Å². The van der Waals surface area contributed by atoms with E-state index in [2.05, 4.69) is 5.32 Å². The summed E-state index contributed by atoms with van der Waals surface area (Å²) in [7, 11) is 0. The van der Waals surface area contributed by atoms with Crippen molar-refractivity contribution < 1.29 is 14.4 Å². The lowest BCUT2D eigenvalue weighted by Gasteiger charge is -2.35.